The van der Waals surface area contributed by atoms with Crippen molar-refractivity contribution in [2.75, 3.05) is 0 Å². The Bertz CT molecular complexity index is 566. The van der Waals surface area contributed by atoms with Gasteiger partial charge in [-0.15, -0.1) is 10.3 Å². The molecule has 1 aromatic heterocycles. The molecule has 0 aliphatic rings. The highest BCUT2D eigenvalue weighted by molar-refractivity contribution is 5.73. The number of benzene rings is 1. The number of aromatic amines is 1. The minimum atomic E-state index is -0.530. The van der Waals surface area contributed by atoms with Crippen molar-refractivity contribution in [1.29, 1.82) is 0 Å². The molecule has 0 bridgehead atoms. The van der Waals surface area contributed by atoms with Gasteiger partial charge in [-0.3, -0.25) is 0 Å². The third-order valence-electron chi connectivity index (χ3n) is 2.62. The van der Waals surface area contributed by atoms with Gasteiger partial charge < -0.3 is 10.1 Å². The van der Waals surface area contributed by atoms with Crippen molar-refractivity contribution in [2.24, 2.45) is 0 Å². The second-order valence-electron chi connectivity index (χ2n) is 4.03. The fourth-order valence-corrected chi connectivity index (χ4v) is 2.07. The van der Waals surface area contributed by atoms with Crippen LogP contribution >= 0.6 is 0 Å². The Balaban J connectivity index is 2.69. The second kappa shape index (κ2) is 3.97. The van der Waals surface area contributed by atoms with Crippen LogP contribution in [0.3, 0.4) is 0 Å². The van der Waals surface area contributed by atoms with Crippen LogP contribution in [0.2, 0.25) is 0 Å². The van der Waals surface area contributed by atoms with Gasteiger partial charge >= 0.3 is 5.82 Å². The molecule has 1 N–H and O–H groups in total. The van der Waals surface area contributed by atoms with Gasteiger partial charge in [-0.05, 0) is 36.8 Å². The number of nitrogens with one attached hydrogen (secondary N) is 1. The zero-order valence-electron chi connectivity index (χ0n) is 9.81. The lowest BCUT2D eigenvalue weighted by Crippen LogP contribution is -1.95. The summed E-state index contributed by atoms with van der Waals surface area (Å²) in [6, 6.07) is 3.95. The minimum absolute atomic E-state index is 0.236. The molecule has 0 spiro atoms. The van der Waals surface area contributed by atoms with E-state index in [4.69, 9.17) is 0 Å². The first-order valence-electron chi connectivity index (χ1n) is 5.14. The molecule has 88 valence electrons. The number of aromatic nitrogens is 3. The van der Waals surface area contributed by atoms with Crippen molar-refractivity contribution in [3.8, 4) is 11.3 Å². The summed E-state index contributed by atoms with van der Waals surface area (Å²) in [5, 5.41) is 20.6. The normalized spacial score (nSPS) is 10.5. The summed E-state index contributed by atoms with van der Waals surface area (Å²) >= 11 is 0. The first-order valence-corrected chi connectivity index (χ1v) is 5.14. The van der Waals surface area contributed by atoms with Crippen LogP contribution < -0.4 is 0 Å². The van der Waals surface area contributed by atoms with Crippen molar-refractivity contribution >= 4 is 5.82 Å². The molecule has 6 heteroatoms. The van der Waals surface area contributed by atoms with E-state index in [1.54, 1.807) is 0 Å². The summed E-state index contributed by atoms with van der Waals surface area (Å²) in [6.07, 6.45) is 0. The number of nitrogens with zero attached hydrogens (tertiary/aromatic N) is 3. The lowest BCUT2D eigenvalue weighted by molar-refractivity contribution is -0.388. The fraction of sp³-hybridized carbons (Fsp3) is 0.273. The number of H-pyrrole nitrogens is 1. The molecule has 2 rings (SSSR count). The monoisotopic (exact) mass is 232 g/mol. The van der Waals surface area contributed by atoms with Crippen molar-refractivity contribution in [3.05, 3.63) is 38.9 Å². The van der Waals surface area contributed by atoms with E-state index in [-0.39, 0.29) is 5.82 Å². The Hall–Kier alpha value is -2.24. The Morgan fingerprint density at radius 3 is 2.29 bits per heavy atom. The Kier molecular flexibility index (Phi) is 2.63. The van der Waals surface area contributed by atoms with Gasteiger partial charge in [-0.1, -0.05) is 17.7 Å². The predicted molar refractivity (Wildman–Crippen MR) is 62.7 cm³/mol. The third kappa shape index (κ3) is 1.89. The smallest absolute Gasteiger partial charge is 0.358 e. The third-order valence-corrected chi connectivity index (χ3v) is 2.62. The molecule has 0 unspecified atom stereocenters. The van der Waals surface area contributed by atoms with Gasteiger partial charge in [0, 0.05) is 5.56 Å². The maximum absolute atomic E-state index is 10.8. The van der Waals surface area contributed by atoms with Gasteiger partial charge in [0.15, 0.2) is 5.69 Å². The van der Waals surface area contributed by atoms with Gasteiger partial charge in [0.05, 0.1) is 5.10 Å². The summed E-state index contributed by atoms with van der Waals surface area (Å²) < 4.78 is 0. The summed E-state index contributed by atoms with van der Waals surface area (Å²) in [7, 11) is 0. The van der Waals surface area contributed by atoms with E-state index in [9.17, 15) is 10.1 Å². The van der Waals surface area contributed by atoms with Gasteiger partial charge in [0.1, 0.15) is 0 Å². The molecular formula is C11H12N4O2. The van der Waals surface area contributed by atoms with Gasteiger partial charge in [-0.2, -0.15) is 0 Å². The van der Waals surface area contributed by atoms with Gasteiger partial charge in [0.25, 0.3) is 0 Å². The Labute approximate surface area is 97.8 Å². The lowest BCUT2D eigenvalue weighted by atomic mass is 9.97. The van der Waals surface area contributed by atoms with E-state index in [0.717, 1.165) is 22.3 Å². The standard InChI is InChI=1S/C11H12N4O2/c1-6-4-7(2)9(8(3)5-6)10-11(15(16)17)13-14-12-10/h4-5H,1-3H3,(H,12,13,14). The first kappa shape index (κ1) is 11.3. The number of rotatable bonds is 2. The molecule has 0 atom stereocenters. The molecule has 0 fully saturated rings. The number of hydrogen-bond acceptors (Lipinski definition) is 4. The highest BCUT2D eigenvalue weighted by atomic mass is 16.6. The summed E-state index contributed by atoms with van der Waals surface area (Å²) in [5.41, 5.74) is 4.11. The molecule has 0 saturated heterocycles. The van der Waals surface area contributed by atoms with Crippen LogP contribution in [-0.4, -0.2) is 20.3 Å². The minimum Gasteiger partial charge on any atom is -0.358 e. The average Bonchev–Trinajstić information content (AvgIpc) is 2.64. The zero-order chi connectivity index (χ0) is 12.6. The number of aryl methyl sites for hydroxylation is 3. The van der Waals surface area contributed by atoms with Crippen LogP contribution in [0.15, 0.2) is 12.1 Å². The molecule has 0 radical (unpaired) electrons. The largest absolute Gasteiger partial charge is 0.418 e. The van der Waals surface area contributed by atoms with E-state index in [2.05, 4.69) is 15.4 Å². The molecule has 0 aliphatic heterocycles. The first-order chi connectivity index (χ1) is 8.00. The van der Waals surface area contributed by atoms with Crippen molar-refractivity contribution in [2.45, 2.75) is 20.8 Å². The van der Waals surface area contributed by atoms with E-state index >= 15 is 0 Å². The highest BCUT2D eigenvalue weighted by Crippen LogP contribution is 2.31. The molecule has 0 aliphatic carbocycles. The highest BCUT2D eigenvalue weighted by Gasteiger charge is 2.23. The van der Waals surface area contributed by atoms with Crippen LogP contribution in [0.1, 0.15) is 16.7 Å². The van der Waals surface area contributed by atoms with Crippen LogP contribution in [0.25, 0.3) is 11.3 Å². The van der Waals surface area contributed by atoms with E-state index in [0.29, 0.717) is 5.69 Å². The molecular weight excluding hydrogens is 220 g/mol. The van der Waals surface area contributed by atoms with Crippen LogP contribution in [0, 0.1) is 30.9 Å². The quantitative estimate of drug-likeness (QED) is 0.636. The maximum atomic E-state index is 10.8. The lowest BCUT2D eigenvalue weighted by Gasteiger charge is -2.07. The molecule has 1 aromatic carbocycles. The van der Waals surface area contributed by atoms with Crippen LogP contribution in [0.5, 0.6) is 0 Å². The molecule has 17 heavy (non-hydrogen) atoms. The molecule has 0 saturated carbocycles. The second-order valence-corrected chi connectivity index (χ2v) is 4.03. The van der Waals surface area contributed by atoms with E-state index < -0.39 is 4.92 Å². The Morgan fingerprint density at radius 2 is 1.76 bits per heavy atom. The van der Waals surface area contributed by atoms with E-state index in [1.165, 1.54) is 0 Å². The van der Waals surface area contributed by atoms with Gasteiger partial charge in [0.2, 0.25) is 0 Å². The predicted octanol–water partition coefficient (Wildman–Crippen LogP) is 2.31. The molecule has 1 heterocycles. The number of nitro groups is 1. The molecule has 0 amide bonds. The fourth-order valence-electron chi connectivity index (χ4n) is 2.07. The van der Waals surface area contributed by atoms with Crippen molar-refractivity contribution in [3.63, 3.8) is 0 Å². The number of hydrogen-bond donors (Lipinski definition) is 1. The maximum Gasteiger partial charge on any atom is 0.418 e. The molecule has 6 nitrogen and oxygen atoms in total. The SMILES string of the molecule is Cc1cc(C)c(-c2n[nH]nc2[N+](=O)[O-])c(C)c1. The zero-order valence-corrected chi connectivity index (χ0v) is 9.81. The van der Waals surface area contributed by atoms with Crippen LogP contribution in [-0.2, 0) is 0 Å². The van der Waals surface area contributed by atoms with Crippen molar-refractivity contribution < 1.29 is 4.92 Å². The van der Waals surface area contributed by atoms with Crippen molar-refractivity contribution in [1.82, 2.24) is 15.4 Å². The Morgan fingerprint density at radius 1 is 1.18 bits per heavy atom. The van der Waals surface area contributed by atoms with Gasteiger partial charge in [-0.25, -0.2) is 0 Å². The van der Waals surface area contributed by atoms with E-state index in [1.807, 2.05) is 32.9 Å². The topological polar surface area (TPSA) is 84.7 Å². The van der Waals surface area contributed by atoms with Crippen LogP contribution in [0.4, 0.5) is 5.82 Å². The summed E-state index contributed by atoms with van der Waals surface area (Å²) in [5.74, 6) is -0.236. The average molecular weight is 232 g/mol. The molecule has 2 aromatic rings. The summed E-state index contributed by atoms with van der Waals surface area (Å²) in [4.78, 5) is 10.3. The summed E-state index contributed by atoms with van der Waals surface area (Å²) in [6.45, 7) is 5.81.